The lowest BCUT2D eigenvalue weighted by Gasteiger charge is -2.03. The standard InChI is InChI=1S/C10H14N6O2/c1-3-7-5-8(15(4-2)12-7)10-11-13-14-16(10)6-9(17)18/h5H,3-4,6H2,1-2H3,(H,17,18). The lowest BCUT2D eigenvalue weighted by Crippen LogP contribution is -2.13. The average molecular weight is 250 g/mol. The molecule has 0 aliphatic carbocycles. The summed E-state index contributed by atoms with van der Waals surface area (Å²) in [6.07, 6.45) is 0.806. The fourth-order valence-electron chi connectivity index (χ4n) is 1.69. The maximum atomic E-state index is 10.7. The van der Waals surface area contributed by atoms with Gasteiger partial charge in [-0.25, -0.2) is 4.68 Å². The number of rotatable bonds is 5. The van der Waals surface area contributed by atoms with E-state index in [1.165, 1.54) is 4.68 Å². The van der Waals surface area contributed by atoms with E-state index in [0.29, 0.717) is 12.4 Å². The van der Waals surface area contributed by atoms with Crippen molar-refractivity contribution in [2.45, 2.75) is 33.4 Å². The Balaban J connectivity index is 2.44. The first-order valence-corrected chi connectivity index (χ1v) is 5.70. The smallest absolute Gasteiger partial charge is 0.325 e. The van der Waals surface area contributed by atoms with Gasteiger partial charge in [0, 0.05) is 6.54 Å². The van der Waals surface area contributed by atoms with Crippen molar-refractivity contribution in [2.24, 2.45) is 0 Å². The Bertz CT molecular complexity index is 558. The zero-order chi connectivity index (χ0) is 13.1. The van der Waals surface area contributed by atoms with Gasteiger partial charge in [-0.2, -0.15) is 5.10 Å². The zero-order valence-electron chi connectivity index (χ0n) is 10.2. The van der Waals surface area contributed by atoms with Gasteiger partial charge in [0.1, 0.15) is 12.2 Å². The molecule has 0 bridgehead atoms. The first-order chi connectivity index (χ1) is 8.65. The van der Waals surface area contributed by atoms with Crippen LogP contribution in [0, 0.1) is 0 Å². The predicted octanol–water partition coefficient (Wildman–Crippen LogP) is 0.203. The first kappa shape index (κ1) is 12.2. The summed E-state index contributed by atoms with van der Waals surface area (Å²) in [7, 11) is 0. The van der Waals surface area contributed by atoms with Crippen molar-refractivity contribution >= 4 is 5.97 Å². The molecule has 96 valence electrons. The number of carboxylic acid groups (broad SMARTS) is 1. The summed E-state index contributed by atoms with van der Waals surface area (Å²) >= 11 is 0. The van der Waals surface area contributed by atoms with Crippen molar-refractivity contribution in [3.05, 3.63) is 11.8 Å². The Morgan fingerprint density at radius 1 is 1.39 bits per heavy atom. The Labute approximate surface area is 103 Å². The van der Waals surface area contributed by atoms with Crippen LogP contribution in [0.1, 0.15) is 19.5 Å². The van der Waals surface area contributed by atoms with Crippen LogP contribution in [0.15, 0.2) is 6.07 Å². The molecule has 0 aromatic carbocycles. The van der Waals surface area contributed by atoms with Gasteiger partial charge in [0.15, 0.2) is 0 Å². The number of nitrogens with zero attached hydrogens (tertiary/aromatic N) is 6. The molecule has 0 radical (unpaired) electrons. The molecule has 0 atom stereocenters. The van der Waals surface area contributed by atoms with E-state index in [9.17, 15) is 4.79 Å². The molecular formula is C10H14N6O2. The summed E-state index contributed by atoms with van der Waals surface area (Å²) in [4.78, 5) is 10.7. The highest BCUT2D eigenvalue weighted by Crippen LogP contribution is 2.17. The molecule has 2 heterocycles. The molecular weight excluding hydrogens is 236 g/mol. The van der Waals surface area contributed by atoms with E-state index >= 15 is 0 Å². The fraction of sp³-hybridized carbons (Fsp3) is 0.500. The summed E-state index contributed by atoms with van der Waals surface area (Å²) in [5.41, 5.74) is 1.66. The maximum absolute atomic E-state index is 10.7. The number of hydrogen-bond donors (Lipinski definition) is 1. The average Bonchev–Trinajstić information content (AvgIpc) is 2.93. The molecule has 0 spiro atoms. The molecule has 0 aliphatic rings. The van der Waals surface area contributed by atoms with E-state index < -0.39 is 5.97 Å². The normalized spacial score (nSPS) is 10.8. The Hall–Kier alpha value is -2.25. The summed E-state index contributed by atoms with van der Waals surface area (Å²) in [5, 5.41) is 24.3. The van der Waals surface area contributed by atoms with Crippen LogP contribution in [0.2, 0.25) is 0 Å². The van der Waals surface area contributed by atoms with E-state index in [1.54, 1.807) is 4.68 Å². The van der Waals surface area contributed by atoms with Crippen molar-refractivity contribution in [3.8, 4) is 11.5 Å². The predicted molar refractivity (Wildman–Crippen MR) is 61.7 cm³/mol. The Morgan fingerprint density at radius 2 is 2.17 bits per heavy atom. The zero-order valence-corrected chi connectivity index (χ0v) is 10.2. The number of carboxylic acids is 1. The number of aromatic nitrogens is 6. The van der Waals surface area contributed by atoms with Gasteiger partial charge < -0.3 is 5.11 Å². The lowest BCUT2D eigenvalue weighted by molar-refractivity contribution is -0.137. The molecule has 8 heteroatoms. The number of aliphatic carboxylic acids is 1. The highest BCUT2D eigenvalue weighted by atomic mass is 16.4. The minimum Gasteiger partial charge on any atom is -0.480 e. The van der Waals surface area contributed by atoms with Gasteiger partial charge in [-0.15, -0.1) is 5.10 Å². The topological polar surface area (TPSA) is 98.7 Å². The Morgan fingerprint density at radius 3 is 2.78 bits per heavy atom. The van der Waals surface area contributed by atoms with Gasteiger partial charge in [0.25, 0.3) is 0 Å². The maximum Gasteiger partial charge on any atom is 0.325 e. The van der Waals surface area contributed by atoms with Gasteiger partial charge in [-0.05, 0) is 29.8 Å². The number of tetrazole rings is 1. The Kier molecular flexibility index (Phi) is 3.35. The molecule has 0 fully saturated rings. The largest absolute Gasteiger partial charge is 0.480 e. The molecule has 2 rings (SSSR count). The molecule has 0 aliphatic heterocycles. The third-order valence-corrected chi connectivity index (χ3v) is 2.54. The van der Waals surface area contributed by atoms with Gasteiger partial charge in [0.2, 0.25) is 5.82 Å². The first-order valence-electron chi connectivity index (χ1n) is 5.70. The summed E-state index contributed by atoms with van der Waals surface area (Å²) in [6, 6.07) is 1.88. The van der Waals surface area contributed by atoms with E-state index in [-0.39, 0.29) is 6.54 Å². The van der Waals surface area contributed by atoms with Crippen LogP contribution in [0.3, 0.4) is 0 Å². The van der Waals surface area contributed by atoms with Gasteiger partial charge in [0.05, 0.1) is 5.69 Å². The van der Waals surface area contributed by atoms with Gasteiger partial charge in [-0.3, -0.25) is 9.48 Å². The van der Waals surface area contributed by atoms with Crippen LogP contribution in [0.5, 0.6) is 0 Å². The number of hydrogen-bond acceptors (Lipinski definition) is 5. The van der Waals surface area contributed by atoms with Crippen LogP contribution in [0.25, 0.3) is 11.5 Å². The minimum absolute atomic E-state index is 0.265. The van der Waals surface area contributed by atoms with Crippen LogP contribution < -0.4 is 0 Å². The van der Waals surface area contributed by atoms with Crippen molar-refractivity contribution in [1.82, 2.24) is 30.0 Å². The monoisotopic (exact) mass is 250 g/mol. The van der Waals surface area contributed by atoms with Crippen LogP contribution in [0.4, 0.5) is 0 Å². The van der Waals surface area contributed by atoms with Crippen LogP contribution in [-0.2, 0) is 24.3 Å². The summed E-state index contributed by atoms with van der Waals surface area (Å²) in [6.45, 7) is 4.38. The molecule has 0 unspecified atom stereocenters. The van der Waals surface area contributed by atoms with E-state index in [0.717, 1.165) is 17.8 Å². The molecule has 2 aromatic rings. The van der Waals surface area contributed by atoms with Gasteiger partial charge >= 0.3 is 5.97 Å². The highest BCUT2D eigenvalue weighted by molar-refractivity contribution is 5.67. The highest BCUT2D eigenvalue weighted by Gasteiger charge is 2.16. The molecule has 2 aromatic heterocycles. The van der Waals surface area contributed by atoms with E-state index in [1.807, 2.05) is 19.9 Å². The summed E-state index contributed by atoms with van der Waals surface area (Å²) in [5.74, 6) is -0.562. The second-order valence-corrected chi connectivity index (χ2v) is 3.74. The van der Waals surface area contributed by atoms with Crippen molar-refractivity contribution in [3.63, 3.8) is 0 Å². The third-order valence-electron chi connectivity index (χ3n) is 2.54. The lowest BCUT2D eigenvalue weighted by atomic mass is 10.3. The van der Waals surface area contributed by atoms with Crippen molar-refractivity contribution in [2.75, 3.05) is 0 Å². The molecule has 1 N–H and O–H groups in total. The van der Waals surface area contributed by atoms with E-state index in [4.69, 9.17) is 5.11 Å². The molecule has 0 saturated heterocycles. The van der Waals surface area contributed by atoms with Crippen molar-refractivity contribution in [1.29, 1.82) is 0 Å². The molecule has 18 heavy (non-hydrogen) atoms. The second kappa shape index (κ2) is 4.94. The quantitative estimate of drug-likeness (QED) is 0.814. The van der Waals surface area contributed by atoms with Crippen LogP contribution in [-0.4, -0.2) is 41.1 Å². The molecule has 0 saturated carbocycles. The van der Waals surface area contributed by atoms with E-state index in [2.05, 4.69) is 20.6 Å². The summed E-state index contributed by atoms with van der Waals surface area (Å²) < 4.78 is 3.02. The van der Waals surface area contributed by atoms with Crippen LogP contribution >= 0.6 is 0 Å². The fourth-order valence-corrected chi connectivity index (χ4v) is 1.69. The third kappa shape index (κ3) is 2.22. The second-order valence-electron chi connectivity index (χ2n) is 3.74. The minimum atomic E-state index is -0.984. The van der Waals surface area contributed by atoms with Gasteiger partial charge in [-0.1, -0.05) is 6.92 Å². The van der Waals surface area contributed by atoms with Crippen molar-refractivity contribution < 1.29 is 9.90 Å². The number of aryl methyl sites for hydroxylation is 2. The number of carbonyl (C=O) groups is 1. The molecule has 8 nitrogen and oxygen atoms in total. The molecule has 0 amide bonds. The SMILES string of the molecule is CCc1cc(-c2nnnn2CC(=O)O)n(CC)n1.